The van der Waals surface area contributed by atoms with Gasteiger partial charge in [-0.15, -0.1) is 0 Å². The van der Waals surface area contributed by atoms with E-state index in [0.717, 1.165) is 29.6 Å². The highest BCUT2D eigenvalue weighted by molar-refractivity contribution is 4.59. The zero-order valence-corrected chi connectivity index (χ0v) is 34.0. The molecule has 0 saturated heterocycles. The zero-order chi connectivity index (χ0) is 34.0. The summed E-state index contributed by atoms with van der Waals surface area (Å²) >= 11 is 0. The van der Waals surface area contributed by atoms with Crippen LogP contribution in [0.5, 0.6) is 0 Å². The minimum absolute atomic E-state index is 0.935. The van der Waals surface area contributed by atoms with Gasteiger partial charge in [-0.05, 0) is 36.0 Å². The highest BCUT2D eigenvalue weighted by Gasteiger charge is 2.07. The molecule has 0 bridgehead atoms. The zero-order valence-electron chi connectivity index (χ0n) is 34.0. The van der Waals surface area contributed by atoms with Crippen molar-refractivity contribution in [1.29, 1.82) is 0 Å². The molecular formula is C42H96. The molecule has 0 radical (unpaired) electrons. The minimum atomic E-state index is 0.935. The van der Waals surface area contributed by atoms with Gasteiger partial charge in [0.2, 0.25) is 0 Å². The summed E-state index contributed by atoms with van der Waals surface area (Å²) in [5.74, 6) is 4.81. The topological polar surface area (TPSA) is 0 Å². The molecule has 0 fully saturated rings. The van der Waals surface area contributed by atoms with Gasteiger partial charge in [-0.3, -0.25) is 0 Å². The van der Waals surface area contributed by atoms with Crippen molar-refractivity contribution in [2.45, 2.75) is 246 Å². The Morgan fingerprint density at radius 2 is 0.643 bits per heavy atom. The van der Waals surface area contributed by atoms with E-state index in [0.29, 0.717) is 0 Å². The molecule has 0 aromatic heterocycles. The van der Waals surface area contributed by atoms with Crippen LogP contribution in [0.15, 0.2) is 0 Å². The predicted molar refractivity (Wildman–Crippen MR) is 206 cm³/mol. The third kappa shape index (κ3) is 63.3. The minimum Gasteiger partial charge on any atom is -0.0654 e. The lowest BCUT2D eigenvalue weighted by molar-refractivity contribution is 0.364. The molecule has 0 aliphatic carbocycles. The van der Waals surface area contributed by atoms with Gasteiger partial charge < -0.3 is 0 Å². The molecule has 0 heteroatoms. The molecule has 42 heavy (non-hydrogen) atoms. The van der Waals surface area contributed by atoms with E-state index >= 15 is 0 Å². The van der Waals surface area contributed by atoms with Gasteiger partial charge in [0.1, 0.15) is 0 Å². The number of hydrogen-bond donors (Lipinski definition) is 0. The predicted octanol–water partition coefficient (Wildman–Crippen LogP) is 17.1. The molecule has 2 atom stereocenters. The van der Waals surface area contributed by atoms with Gasteiger partial charge in [0.25, 0.3) is 0 Å². The Kier molecular flexibility index (Phi) is 69.5. The maximum absolute atomic E-state index is 2.36. The van der Waals surface area contributed by atoms with Gasteiger partial charge in [0.15, 0.2) is 0 Å². The molecule has 0 nitrogen and oxygen atoms in total. The molecule has 0 rings (SSSR count). The van der Waals surface area contributed by atoms with Crippen LogP contribution >= 0.6 is 0 Å². The fraction of sp³-hybridized carbons (Fsp3) is 1.00. The van der Waals surface area contributed by atoms with Crippen molar-refractivity contribution < 1.29 is 0 Å². The van der Waals surface area contributed by atoms with Crippen LogP contribution < -0.4 is 0 Å². The standard InChI is InChI=1S/C10H22.2C8H18.2C6H14.C4H10/c1-5-9(4)8-10(6-2)7-3;1-4-6-7-8(3)5-2;1-4-7-8(5-2)6-3;1-4-6(3)5-2;1-3-5-6-4-2;1-3-4-2/h9-10H,5-8H2,1-4H3;2*8H,4-7H2,1-3H3;6H,4-5H2,1-3H3;3-6H2,1-2H3;3-4H2,1-2H3. The molecule has 0 spiro atoms. The lowest BCUT2D eigenvalue weighted by atomic mass is 9.90. The van der Waals surface area contributed by atoms with E-state index < -0.39 is 0 Å². The Bertz CT molecular complexity index is 341. The Labute approximate surface area is 275 Å². The summed E-state index contributed by atoms with van der Waals surface area (Å²) in [6, 6.07) is 0. The van der Waals surface area contributed by atoms with Crippen LogP contribution in [-0.4, -0.2) is 0 Å². The molecule has 0 N–H and O–H groups in total. The van der Waals surface area contributed by atoms with E-state index in [4.69, 9.17) is 0 Å². The van der Waals surface area contributed by atoms with Gasteiger partial charge in [-0.2, -0.15) is 0 Å². The molecule has 0 aromatic carbocycles. The number of unbranched alkanes of at least 4 members (excludes halogenated alkanes) is 5. The van der Waals surface area contributed by atoms with Gasteiger partial charge in [-0.1, -0.05) is 240 Å². The van der Waals surface area contributed by atoms with Crippen molar-refractivity contribution in [3.8, 4) is 0 Å². The summed E-state index contributed by atoms with van der Waals surface area (Å²) in [4.78, 5) is 0. The molecule has 0 heterocycles. The molecule has 0 aromatic rings. The molecular weight excluding hydrogens is 504 g/mol. The summed E-state index contributed by atoms with van der Waals surface area (Å²) < 4.78 is 0. The summed E-state index contributed by atoms with van der Waals surface area (Å²) in [5, 5.41) is 0. The Morgan fingerprint density at radius 3 is 0.833 bits per heavy atom. The first-order chi connectivity index (χ1) is 20.0. The maximum atomic E-state index is 2.36. The van der Waals surface area contributed by atoms with Crippen LogP contribution in [0, 0.1) is 29.6 Å². The second-order valence-electron chi connectivity index (χ2n) is 13.2. The van der Waals surface area contributed by atoms with Crippen molar-refractivity contribution in [3.63, 3.8) is 0 Å². The van der Waals surface area contributed by atoms with Crippen LogP contribution in [0.1, 0.15) is 246 Å². The van der Waals surface area contributed by atoms with Gasteiger partial charge in [0, 0.05) is 0 Å². The van der Waals surface area contributed by atoms with E-state index in [2.05, 4.69) is 118 Å². The number of rotatable bonds is 19. The monoisotopic (exact) mass is 601 g/mol. The third-order valence-electron chi connectivity index (χ3n) is 9.04. The van der Waals surface area contributed by atoms with Crippen LogP contribution in [0.25, 0.3) is 0 Å². The lowest BCUT2D eigenvalue weighted by Gasteiger charge is -2.16. The van der Waals surface area contributed by atoms with Crippen molar-refractivity contribution in [2.75, 3.05) is 0 Å². The molecule has 264 valence electrons. The van der Waals surface area contributed by atoms with Crippen molar-refractivity contribution in [3.05, 3.63) is 0 Å². The van der Waals surface area contributed by atoms with E-state index in [1.165, 1.54) is 128 Å². The maximum Gasteiger partial charge on any atom is -0.0417 e. The Balaban J connectivity index is -0.0000000945. The summed E-state index contributed by atoms with van der Waals surface area (Å²) in [7, 11) is 0. The van der Waals surface area contributed by atoms with E-state index in [1.54, 1.807) is 0 Å². The third-order valence-corrected chi connectivity index (χ3v) is 9.04. The summed E-state index contributed by atoms with van der Waals surface area (Å²) in [6.07, 6.45) is 27.4. The highest BCUT2D eigenvalue weighted by Crippen LogP contribution is 2.20. The van der Waals surface area contributed by atoms with Gasteiger partial charge >= 0.3 is 0 Å². The highest BCUT2D eigenvalue weighted by atomic mass is 14.1. The summed E-state index contributed by atoms with van der Waals surface area (Å²) in [5.41, 5.74) is 0. The molecule has 2 unspecified atom stereocenters. The molecule has 0 amide bonds. The second kappa shape index (κ2) is 53.6. The Morgan fingerprint density at radius 1 is 0.286 bits per heavy atom. The molecule has 0 saturated carbocycles. The SMILES string of the molecule is CCC(C)CC.CCC(C)CC(CC)CC.CCCC.CCCC(CC)CC.CCCCC(C)CC.CCCCCC. The van der Waals surface area contributed by atoms with Crippen LogP contribution in [-0.2, 0) is 0 Å². The van der Waals surface area contributed by atoms with E-state index in [1.807, 2.05) is 0 Å². The second-order valence-corrected chi connectivity index (χ2v) is 13.2. The van der Waals surface area contributed by atoms with E-state index in [-0.39, 0.29) is 0 Å². The smallest absolute Gasteiger partial charge is 0.0417 e. The van der Waals surface area contributed by atoms with Crippen LogP contribution in [0.3, 0.4) is 0 Å². The lowest BCUT2D eigenvalue weighted by Crippen LogP contribution is -2.03. The quantitative estimate of drug-likeness (QED) is 0.129. The van der Waals surface area contributed by atoms with Crippen LogP contribution in [0.2, 0.25) is 0 Å². The van der Waals surface area contributed by atoms with Crippen molar-refractivity contribution in [2.24, 2.45) is 29.6 Å². The van der Waals surface area contributed by atoms with Gasteiger partial charge in [-0.25, -0.2) is 0 Å². The number of hydrogen-bond acceptors (Lipinski definition) is 0. The average Bonchev–Trinajstić information content (AvgIpc) is 3.04. The van der Waals surface area contributed by atoms with E-state index in [9.17, 15) is 0 Å². The normalized spacial score (nSPS) is 11.4. The van der Waals surface area contributed by atoms with Crippen molar-refractivity contribution in [1.82, 2.24) is 0 Å². The Hall–Kier alpha value is 0. The fourth-order valence-corrected chi connectivity index (χ4v) is 4.01. The fourth-order valence-electron chi connectivity index (χ4n) is 4.01. The molecule has 0 aliphatic heterocycles. The first kappa shape index (κ1) is 54.5. The average molecular weight is 601 g/mol. The van der Waals surface area contributed by atoms with Crippen LogP contribution in [0.4, 0.5) is 0 Å². The van der Waals surface area contributed by atoms with Gasteiger partial charge in [0.05, 0.1) is 0 Å². The first-order valence-corrected chi connectivity index (χ1v) is 20.0. The molecule has 0 aliphatic rings. The largest absolute Gasteiger partial charge is 0.0654 e. The van der Waals surface area contributed by atoms with Crippen molar-refractivity contribution >= 4 is 0 Å². The first-order valence-electron chi connectivity index (χ1n) is 20.0. The summed E-state index contributed by atoms with van der Waals surface area (Å²) in [6.45, 7) is 38.5.